The van der Waals surface area contributed by atoms with Crippen molar-refractivity contribution in [3.8, 4) is 11.4 Å². The highest BCUT2D eigenvalue weighted by Gasteiger charge is 2.44. The van der Waals surface area contributed by atoms with Gasteiger partial charge in [0.15, 0.2) is 0 Å². The fourth-order valence-corrected chi connectivity index (χ4v) is 2.88. The molecular formula is C15H15F3N2O5. The van der Waals surface area contributed by atoms with Gasteiger partial charge in [-0.05, 0) is 24.6 Å². The van der Waals surface area contributed by atoms with Gasteiger partial charge in [-0.15, -0.1) is 0 Å². The standard InChI is InChI=1S/C15H15F3N2O5/c1-5-2-9(15(16,17)18)19-13-6(5)3-7(14(24)20-13)12-11(23)10(22)8(4-21)25-12/h2-3,8,10-12,21-23H,4H2,1H3,(H,19,20,24)/t8-,10?,11+,12+/m1/s1. The summed E-state index contributed by atoms with van der Waals surface area (Å²) in [6, 6.07) is 2.16. The van der Waals surface area contributed by atoms with Crippen LogP contribution in [-0.4, -0.2) is 50.2 Å². The number of nitrogens with zero attached hydrogens (tertiary/aromatic N) is 1. The first-order chi connectivity index (χ1) is 11.6. The molecule has 7 nitrogen and oxygen atoms in total. The summed E-state index contributed by atoms with van der Waals surface area (Å²) in [5, 5.41) is 28.9. The molecule has 25 heavy (non-hydrogen) atoms. The van der Waals surface area contributed by atoms with Crippen LogP contribution in [0.25, 0.3) is 11.4 Å². The number of nitrogens with one attached hydrogen (secondary N) is 1. The zero-order chi connectivity index (χ0) is 18.5. The quantitative estimate of drug-likeness (QED) is 0.615. The van der Waals surface area contributed by atoms with Crippen LogP contribution in [0.4, 0.5) is 13.2 Å². The number of hydrogen-bond acceptors (Lipinski definition) is 6. The maximum Gasteiger partial charge on any atom is 0.431 e. The molecule has 0 aliphatic carbocycles. The summed E-state index contributed by atoms with van der Waals surface area (Å²) in [5.41, 5.74) is -1.56. The van der Waals surface area contributed by atoms with Crippen molar-refractivity contribution in [2.75, 3.05) is 6.61 Å². The number of rotatable bonds is 2. The summed E-state index contributed by atoms with van der Waals surface area (Å²) in [7, 11) is 0. The largest absolute Gasteiger partial charge is 0.431 e. The van der Waals surface area contributed by atoms with Gasteiger partial charge in [-0.3, -0.25) is 4.79 Å². The zero-order valence-corrected chi connectivity index (χ0v) is 12.9. The summed E-state index contributed by atoms with van der Waals surface area (Å²) < 4.78 is 43.9. The van der Waals surface area contributed by atoms with Crippen molar-refractivity contribution in [1.29, 1.82) is 0 Å². The van der Waals surface area contributed by atoms with Crippen LogP contribution in [-0.2, 0) is 10.9 Å². The monoisotopic (exact) mass is 360 g/mol. The molecule has 3 aliphatic heterocycles. The number of aliphatic hydroxyl groups is 3. The molecule has 10 heteroatoms. The molecule has 0 saturated carbocycles. The summed E-state index contributed by atoms with van der Waals surface area (Å²) in [4.78, 5) is 17.9. The first kappa shape index (κ1) is 17.8. The number of aromatic nitrogens is 2. The molecule has 3 heterocycles. The smallest absolute Gasteiger partial charge is 0.394 e. The summed E-state index contributed by atoms with van der Waals surface area (Å²) in [6.07, 6.45) is -9.80. The van der Waals surface area contributed by atoms with Crippen molar-refractivity contribution < 1.29 is 33.2 Å². The molecule has 136 valence electrons. The van der Waals surface area contributed by atoms with Crippen LogP contribution < -0.4 is 5.56 Å². The fourth-order valence-electron chi connectivity index (χ4n) is 2.88. The molecule has 0 amide bonds. The van der Waals surface area contributed by atoms with Gasteiger partial charge in [0, 0.05) is 5.56 Å². The minimum atomic E-state index is -4.62. The number of aromatic amines is 1. The Hall–Kier alpha value is -2.01. The fraction of sp³-hybridized carbons (Fsp3) is 0.467. The number of pyridine rings is 2. The first-order valence-electron chi connectivity index (χ1n) is 7.37. The number of alkyl halides is 3. The molecule has 0 spiro atoms. The van der Waals surface area contributed by atoms with Crippen molar-refractivity contribution in [2.45, 2.75) is 37.5 Å². The summed E-state index contributed by atoms with van der Waals surface area (Å²) in [5.74, 6) is -0.243. The van der Waals surface area contributed by atoms with Crippen molar-refractivity contribution in [3.05, 3.63) is 39.3 Å². The van der Waals surface area contributed by atoms with Crippen molar-refractivity contribution in [3.63, 3.8) is 0 Å². The van der Waals surface area contributed by atoms with Crippen LogP contribution in [0.1, 0.15) is 22.9 Å². The zero-order valence-electron chi connectivity index (χ0n) is 12.9. The van der Waals surface area contributed by atoms with E-state index in [9.17, 15) is 28.2 Å². The Kier molecular flexibility index (Phi) is 4.31. The lowest BCUT2D eigenvalue weighted by molar-refractivity contribution is -0.141. The molecule has 3 rings (SSSR count). The van der Waals surface area contributed by atoms with Gasteiger partial charge in [-0.25, -0.2) is 0 Å². The van der Waals surface area contributed by atoms with E-state index >= 15 is 0 Å². The third-order valence-electron chi connectivity index (χ3n) is 4.21. The predicted molar refractivity (Wildman–Crippen MR) is 77.9 cm³/mol. The first-order valence-corrected chi connectivity index (χ1v) is 7.37. The molecule has 1 saturated heterocycles. The highest BCUT2D eigenvalue weighted by molar-refractivity contribution is 5.62. The molecule has 0 bridgehead atoms. The van der Waals surface area contributed by atoms with Crippen LogP contribution in [0.3, 0.4) is 0 Å². The van der Waals surface area contributed by atoms with Gasteiger partial charge < -0.3 is 25.0 Å². The molecule has 3 aliphatic rings. The predicted octanol–water partition coefficient (Wildman–Crippen LogP) is 0.356. The maximum atomic E-state index is 12.9. The maximum absolute atomic E-state index is 12.9. The molecule has 0 radical (unpaired) electrons. The van der Waals surface area contributed by atoms with E-state index in [1.165, 1.54) is 13.0 Å². The average molecular weight is 360 g/mol. The molecule has 1 unspecified atom stereocenters. The van der Waals surface area contributed by atoms with Crippen LogP contribution in [0.15, 0.2) is 16.9 Å². The van der Waals surface area contributed by atoms with E-state index in [0.717, 1.165) is 6.07 Å². The van der Waals surface area contributed by atoms with Crippen molar-refractivity contribution >= 4 is 0 Å². The second-order valence-corrected chi connectivity index (χ2v) is 5.90. The Balaban J connectivity index is 2.11. The number of hydrogen-bond donors (Lipinski definition) is 4. The number of halogens is 3. The van der Waals surface area contributed by atoms with E-state index in [4.69, 9.17) is 9.84 Å². The normalized spacial score (nSPS) is 27.2. The number of ether oxygens (including phenoxy) is 1. The van der Waals surface area contributed by atoms with E-state index in [2.05, 4.69) is 9.97 Å². The Morgan fingerprint density at radius 3 is 2.52 bits per heavy atom. The minimum absolute atomic E-state index is 0.105. The van der Waals surface area contributed by atoms with Crippen LogP contribution >= 0.6 is 0 Å². The van der Waals surface area contributed by atoms with Crippen LogP contribution in [0.5, 0.6) is 0 Å². The topological polar surface area (TPSA) is 116 Å². The highest BCUT2D eigenvalue weighted by atomic mass is 19.4. The second kappa shape index (κ2) is 6.06. The highest BCUT2D eigenvalue weighted by Crippen LogP contribution is 2.36. The van der Waals surface area contributed by atoms with Gasteiger partial charge in [0.1, 0.15) is 35.9 Å². The second-order valence-electron chi connectivity index (χ2n) is 5.90. The van der Waals surface area contributed by atoms with E-state index in [1.807, 2.05) is 0 Å². The Morgan fingerprint density at radius 2 is 1.96 bits per heavy atom. The van der Waals surface area contributed by atoms with Gasteiger partial charge in [-0.2, -0.15) is 18.2 Å². The molecule has 4 atom stereocenters. The lowest BCUT2D eigenvalue weighted by atomic mass is 9.98. The number of aliphatic hydroxyl groups excluding tert-OH is 3. The van der Waals surface area contributed by atoms with Crippen LogP contribution in [0.2, 0.25) is 0 Å². The Labute approximate surface area is 139 Å². The van der Waals surface area contributed by atoms with Crippen LogP contribution in [0, 0.1) is 6.92 Å². The van der Waals surface area contributed by atoms with E-state index < -0.39 is 48.5 Å². The number of H-pyrrole nitrogens is 1. The Bertz CT molecular complexity index is 822. The average Bonchev–Trinajstić information content (AvgIpc) is 2.81. The molecule has 0 aromatic rings. The lowest BCUT2D eigenvalue weighted by Crippen LogP contribution is -2.33. The lowest BCUT2D eigenvalue weighted by Gasteiger charge is -2.18. The van der Waals surface area contributed by atoms with Gasteiger partial charge in [0.2, 0.25) is 0 Å². The third kappa shape index (κ3) is 3.01. The van der Waals surface area contributed by atoms with E-state index in [0.29, 0.717) is 0 Å². The minimum Gasteiger partial charge on any atom is -0.394 e. The van der Waals surface area contributed by atoms with Gasteiger partial charge in [0.25, 0.3) is 5.56 Å². The number of aryl methyl sites for hydroxylation is 1. The third-order valence-corrected chi connectivity index (χ3v) is 4.21. The van der Waals surface area contributed by atoms with Gasteiger partial charge in [0.05, 0.1) is 12.2 Å². The summed E-state index contributed by atoms with van der Waals surface area (Å²) in [6.45, 7) is 0.865. The number of fused-ring (bicyclic) bond motifs is 1. The SMILES string of the molecule is Cc1cc(C(F)(F)F)[nH]c2nc(=O)c([C@@H]3O[C@H](CO)C(O)[C@@H]3O)cc1-2. The van der Waals surface area contributed by atoms with Crippen molar-refractivity contribution in [2.24, 2.45) is 0 Å². The molecule has 1 fully saturated rings. The van der Waals surface area contributed by atoms with Gasteiger partial charge >= 0.3 is 6.18 Å². The van der Waals surface area contributed by atoms with E-state index in [1.54, 1.807) is 0 Å². The van der Waals surface area contributed by atoms with Gasteiger partial charge in [-0.1, -0.05) is 0 Å². The molecule has 4 N–H and O–H groups in total. The molecular weight excluding hydrogens is 345 g/mol. The molecule has 0 aromatic carbocycles. The summed E-state index contributed by atoms with van der Waals surface area (Å²) >= 11 is 0. The Morgan fingerprint density at radius 1 is 1.28 bits per heavy atom. The molecule has 0 aromatic heterocycles. The van der Waals surface area contributed by atoms with E-state index in [-0.39, 0.29) is 22.5 Å². The van der Waals surface area contributed by atoms with Crippen molar-refractivity contribution in [1.82, 2.24) is 9.97 Å².